The molecule has 6 nitrogen and oxygen atoms in total. The summed E-state index contributed by atoms with van der Waals surface area (Å²) in [4.78, 5) is 0. The molecule has 0 bridgehead atoms. The van der Waals surface area contributed by atoms with Crippen molar-refractivity contribution in [3.05, 3.63) is 32.5 Å². The van der Waals surface area contributed by atoms with Crippen LogP contribution < -0.4 is 0 Å². The van der Waals surface area contributed by atoms with Crippen LogP contribution in [0, 0.1) is 37.3 Å². The van der Waals surface area contributed by atoms with E-state index in [1.807, 2.05) is 0 Å². The predicted molar refractivity (Wildman–Crippen MR) is 95.7 cm³/mol. The van der Waals surface area contributed by atoms with Crippen LogP contribution in [0.2, 0.25) is 0 Å². The van der Waals surface area contributed by atoms with Crippen molar-refractivity contribution in [1.82, 2.24) is 0 Å². The fourth-order valence-electron chi connectivity index (χ4n) is 0. The summed E-state index contributed by atoms with van der Waals surface area (Å²) in [5.74, 6) is 0. The van der Waals surface area contributed by atoms with Crippen LogP contribution >= 0.6 is 73.3 Å². The molecule has 0 N–H and O–H groups in total. The van der Waals surface area contributed by atoms with Crippen LogP contribution in [-0.2, 0) is 0 Å². The quantitative estimate of drug-likeness (QED) is 0.354. The third-order valence-corrected chi connectivity index (χ3v) is 0. The summed E-state index contributed by atoms with van der Waals surface area (Å²) in [6.45, 7) is 0. The first kappa shape index (κ1) is 42.7. The minimum Gasteiger partial charge on any atom is -0.753 e. The second-order valence-electron chi connectivity index (χ2n) is 0.548. The molecule has 105 valence electrons. The van der Waals surface area contributed by atoms with E-state index in [2.05, 4.69) is 73.3 Å². The van der Waals surface area contributed by atoms with E-state index in [1.165, 1.54) is 31.0 Å². The third kappa shape index (κ3) is 2130000. The Balaban J connectivity index is -0.0000000180. The van der Waals surface area contributed by atoms with E-state index in [4.69, 9.17) is 32.5 Å². The summed E-state index contributed by atoms with van der Waals surface area (Å²) in [6, 6.07) is 0. The number of isothiocyanates is 6. The summed E-state index contributed by atoms with van der Waals surface area (Å²) >= 11 is 22.2. The molecule has 0 aromatic carbocycles. The van der Waals surface area contributed by atoms with Crippen molar-refractivity contribution >= 4 is 104 Å². The molecule has 0 fully saturated rings. The van der Waals surface area contributed by atoms with Gasteiger partial charge in [0.05, 0.1) is 0 Å². The van der Waals surface area contributed by atoms with Crippen molar-refractivity contribution in [2.24, 2.45) is 0 Å². The van der Waals surface area contributed by atoms with E-state index in [9.17, 15) is 0 Å². The van der Waals surface area contributed by atoms with E-state index in [0.717, 1.165) is 0 Å². The zero-order valence-corrected chi connectivity index (χ0v) is 15.2. The zero-order chi connectivity index (χ0) is 16.2. The monoisotopic (exact) mass is 514 g/mol. The van der Waals surface area contributed by atoms with Gasteiger partial charge in [-0.15, -0.1) is 0 Å². The van der Waals surface area contributed by atoms with Crippen LogP contribution in [0.4, 0.5) is 0 Å². The fraction of sp³-hybridized carbons (Fsp3) is 0. The number of nitrogens with zero attached hydrogens (tertiary/aromatic N) is 6. The Bertz CT molecular complexity index is 253. The second kappa shape index (κ2) is 143. The molecule has 0 saturated carbocycles. The normalized spacial score (nSPS) is 2.53. The molecule has 0 heterocycles. The molecule has 19 heavy (non-hydrogen) atoms. The smallest absolute Gasteiger partial charge is 0.753 e. The molecule has 0 aromatic rings. The number of thiocarbonyl (C=S) groups is 6. The molecule has 0 atom stereocenters. The average molecular weight is 516 g/mol. The summed E-state index contributed by atoms with van der Waals surface area (Å²) in [5, 5.41) is 50.8. The van der Waals surface area contributed by atoms with Gasteiger partial charge in [-0.25, -0.2) is 0 Å². The first-order chi connectivity index (χ1) is 8.49. The van der Waals surface area contributed by atoms with E-state index in [1.54, 1.807) is 0 Å². The van der Waals surface area contributed by atoms with Gasteiger partial charge in [-0.1, -0.05) is 73.3 Å². The maximum absolute atomic E-state index is 7.13. The Morgan fingerprint density at radius 2 is 0.368 bits per heavy atom. The number of hydrogen-bond acceptors (Lipinski definition) is 6. The van der Waals surface area contributed by atoms with Crippen LogP contribution in [0.5, 0.6) is 0 Å². The molecule has 0 rings (SSSR count). The van der Waals surface area contributed by atoms with Gasteiger partial charge in [0.1, 0.15) is 0 Å². The predicted octanol–water partition coefficient (Wildman–Crippen LogP) is 3.95. The number of rotatable bonds is 0. The molecule has 0 spiro atoms. The molecule has 0 aliphatic carbocycles. The van der Waals surface area contributed by atoms with Crippen LogP contribution in [0.25, 0.3) is 32.5 Å². The molecular formula is C6ErN6S6-3. The molecule has 0 unspecified atom stereocenters. The molecule has 0 aliphatic rings. The van der Waals surface area contributed by atoms with Gasteiger partial charge in [0.25, 0.3) is 0 Å². The first-order valence-corrected chi connectivity index (χ1v) is 5.02. The second-order valence-corrected chi connectivity index (χ2v) is 1.64. The Labute approximate surface area is 172 Å². The van der Waals surface area contributed by atoms with Crippen molar-refractivity contribution in [1.29, 1.82) is 0 Å². The Morgan fingerprint density at radius 1 is 0.368 bits per heavy atom. The fourth-order valence-corrected chi connectivity index (χ4v) is 0. The Kier molecular flexibility index (Phi) is 323. The molecule has 0 aliphatic heterocycles. The van der Waals surface area contributed by atoms with Crippen molar-refractivity contribution in [3.8, 4) is 0 Å². The van der Waals surface area contributed by atoms with Crippen molar-refractivity contribution in [3.63, 3.8) is 0 Å². The Morgan fingerprint density at radius 3 is 0.368 bits per heavy atom. The van der Waals surface area contributed by atoms with E-state index in [0.29, 0.717) is 0 Å². The minimum atomic E-state index is 0. The maximum Gasteiger partial charge on any atom is 3.00 e. The van der Waals surface area contributed by atoms with Crippen LogP contribution in [-0.4, -0.2) is 31.0 Å². The maximum atomic E-state index is 7.13. The summed E-state index contributed by atoms with van der Waals surface area (Å²) in [5.41, 5.74) is 0. The van der Waals surface area contributed by atoms with Crippen LogP contribution in [0.15, 0.2) is 0 Å². The largest absolute Gasteiger partial charge is 3.00 e. The summed E-state index contributed by atoms with van der Waals surface area (Å²) < 4.78 is 0. The average Bonchev–Trinajstić information content (AvgIpc) is 2.23. The summed E-state index contributed by atoms with van der Waals surface area (Å²) in [7, 11) is 0. The standard InChI is InChI=1S/6CNS.Er/c6*2-1-3;/q6*-1;+3. The van der Waals surface area contributed by atoms with E-state index >= 15 is 0 Å². The molecule has 0 saturated heterocycles. The molecule has 0 aromatic heterocycles. The first-order valence-electron chi connectivity index (χ1n) is 2.57. The zero-order valence-electron chi connectivity index (χ0n) is 8.42. The van der Waals surface area contributed by atoms with Gasteiger partial charge in [-0.05, 0) is 0 Å². The minimum absolute atomic E-state index is 0. The van der Waals surface area contributed by atoms with Gasteiger partial charge >= 0.3 is 37.3 Å². The van der Waals surface area contributed by atoms with Gasteiger partial charge in [0.15, 0.2) is 0 Å². The van der Waals surface area contributed by atoms with Crippen molar-refractivity contribution < 1.29 is 37.3 Å². The molecular weight excluding hydrogens is 516 g/mol. The topological polar surface area (TPSA) is 134 Å². The Hall–Kier alpha value is 0.0468. The molecule has 0 amide bonds. The van der Waals surface area contributed by atoms with Crippen LogP contribution in [0.3, 0.4) is 0 Å². The van der Waals surface area contributed by atoms with Crippen molar-refractivity contribution in [2.45, 2.75) is 0 Å². The van der Waals surface area contributed by atoms with Gasteiger partial charge in [-0.2, -0.15) is 31.0 Å². The van der Waals surface area contributed by atoms with E-state index in [-0.39, 0.29) is 37.3 Å². The van der Waals surface area contributed by atoms with Gasteiger partial charge in [0, 0.05) is 0 Å². The number of hydrogen-bond donors (Lipinski definition) is 0. The molecule has 13 heteroatoms. The third-order valence-electron chi connectivity index (χ3n) is 0. The molecule has 1 radical (unpaired) electrons. The SMILES string of the molecule is [Er+3].[N-]=C=S.[N-]=C=S.[N-]=C=S.[N-]=C=S.[N-]=C=S.[N-]=C=S. The van der Waals surface area contributed by atoms with Crippen molar-refractivity contribution in [2.75, 3.05) is 0 Å². The van der Waals surface area contributed by atoms with Gasteiger partial charge in [0.2, 0.25) is 0 Å². The van der Waals surface area contributed by atoms with E-state index < -0.39 is 0 Å². The van der Waals surface area contributed by atoms with Gasteiger partial charge < -0.3 is 32.5 Å². The van der Waals surface area contributed by atoms with Gasteiger partial charge in [-0.3, -0.25) is 0 Å². The summed E-state index contributed by atoms with van der Waals surface area (Å²) in [6.07, 6.45) is 0. The van der Waals surface area contributed by atoms with Crippen LogP contribution in [0.1, 0.15) is 0 Å².